The number of hydrogen-bond donors (Lipinski definition) is 1. The average molecular weight is 602 g/mol. The van der Waals surface area contributed by atoms with Gasteiger partial charge < -0.3 is 20.1 Å². The number of nitro benzene ring substituents is 1. The Balaban J connectivity index is 1.69. The molecule has 1 aliphatic rings. The van der Waals surface area contributed by atoms with Crippen molar-refractivity contribution < 1.29 is 28.8 Å². The Morgan fingerprint density at radius 2 is 1.86 bits per heavy atom. The van der Waals surface area contributed by atoms with E-state index in [2.05, 4.69) is 0 Å². The minimum Gasteiger partial charge on any atom is -0.497 e. The average Bonchev–Trinajstić information content (AvgIpc) is 3.62. The van der Waals surface area contributed by atoms with Gasteiger partial charge in [0.05, 0.1) is 47.8 Å². The number of carbonyl (C=O) groups excluding carboxylic acids is 3. The van der Waals surface area contributed by atoms with Crippen LogP contribution in [0.1, 0.15) is 34.3 Å². The predicted octanol–water partition coefficient (Wildman–Crippen LogP) is 2.49. The predicted molar refractivity (Wildman–Crippen MR) is 160 cm³/mol. The van der Waals surface area contributed by atoms with E-state index in [0.717, 1.165) is 17.1 Å². The van der Waals surface area contributed by atoms with Crippen LogP contribution in [-0.2, 0) is 27.4 Å². The van der Waals surface area contributed by atoms with Gasteiger partial charge in [-0.2, -0.15) is 0 Å². The van der Waals surface area contributed by atoms with Crippen LogP contribution in [-0.4, -0.2) is 69.5 Å². The van der Waals surface area contributed by atoms with Crippen LogP contribution in [0.5, 0.6) is 5.75 Å². The van der Waals surface area contributed by atoms with Crippen LogP contribution in [0.3, 0.4) is 0 Å². The number of non-ortho nitro benzene ring substituents is 1. The van der Waals surface area contributed by atoms with Crippen LogP contribution >= 0.6 is 0 Å². The summed E-state index contributed by atoms with van der Waals surface area (Å²) >= 11 is 0. The van der Waals surface area contributed by atoms with E-state index in [-0.39, 0.29) is 41.4 Å². The zero-order chi connectivity index (χ0) is 31.4. The number of carbonyl (C=O) groups is 3. The third-order valence-corrected chi connectivity index (χ3v) is 7.50. The molecule has 0 aliphatic carbocycles. The van der Waals surface area contributed by atoms with E-state index < -0.39 is 47.0 Å². The maximum Gasteiger partial charge on any atom is 0.329 e. The van der Waals surface area contributed by atoms with Gasteiger partial charge in [0.1, 0.15) is 12.3 Å². The van der Waals surface area contributed by atoms with Crippen molar-refractivity contribution >= 4 is 34.3 Å². The summed E-state index contributed by atoms with van der Waals surface area (Å²) in [5.74, 6) is -1.36. The summed E-state index contributed by atoms with van der Waals surface area (Å²) < 4.78 is 13.4. The minimum absolute atomic E-state index is 0.0330. The lowest BCUT2D eigenvalue weighted by Gasteiger charge is -2.24. The fourth-order valence-electron chi connectivity index (χ4n) is 5.43. The van der Waals surface area contributed by atoms with E-state index in [1.807, 2.05) is 0 Å². The summed E-state index contributed by atoms with van der Waals surface area (Å²) in [5.41, 5.74) is 5.30. The smallest absolute Gasteiger partial charge is 0.329 e. The van der Waals surface area contributed by atoms with E-state index in [0.29, 0.717) is 24.3 Å². The van der Waals surface area contributed by atoms with Crippen LogP contribution in [0.4, 0.5) is 5.69 Å². The number of methoxy groups -OCH3 is 1. The summed E-state index contributed by atoms with van der Waals surface area (Å²) in [7, 11) is 1.50. The number of nitrogens with two attached hydrogens (primary N) is 1. The first kappa shape index (κ1) is 30.2. The molecule has 44 heavy (non-hydrogen) atoms. The van der Waals surface area contributed by atoms with Gasteiger partial charge in [0.25, 0.3) is 5.69 Å². The first-order valence-electron chi connectivity index (χ1n) is 14.0. The summed E-state index contributed by atoms with van der Waals surface area (Å²) in [5, 5.41) is 12.0. The molecule has 1 unspecified atom stereocenters. The van der Waals surface area contributed by atoms with Crippen molar-refractivity contribution in [2.24, 2.45) is 5.73 Å². The highest BCUT2D eigenvalue weighted by atomic mass is 16.6. The zero-order valence-corrected chi connectivity index (χ0v) is 24.0. The molecule has 5 rings (SSSR count). The van der Waals surface area contributed by atoms with Crippen molar-refractivity contribution in [1.29, 1.82) is 0 Å². The maximum absolute atomic E-state index is 14.1. The Morgan fingerprint density at radius 3 is 2.52 bits per heavy atom. The minimum atomic E-state index is -0.736. The molecule has 1 aliphatic heterocycles. The third-order valence-electron chi connectivity index (χ3n) is 7.50. The summed E-state index contributed by atoms with van der Waals surface area (Å²) in [6, 6.07) is 17.4. The molecule has 3 aromatic carbocycles. The number of ketones is 1. The van der Waals surface area contributed by atoms with Crippen molar-refractivity contribution in [3.05, 3.63) is 104 Å². The first-order valence-corrected chi connectivity index (χ1v) is 14.0. The van der Waals surface area contributed by atoms with E-state index in [4.69, 9.17) is 15.2 Å². The Kier molecular flexibility index (Phi) is 8.86. The molecule has 0 bridgehead atoms. The van der Waals surface area contributed by atoms with Crippen molar-refractivity contribution in [2.45, 2.75) is 32.0 Å². The Hall–Kier alpha value is -5.30. The van der Waals surface area contributed by atoms with E-state index in [9.17, 15) is 29.3 Å². The molecule has 0 radical (unpaired) electrons. The van der Waals surface area contributed by atoms with Crippen LogP contribution in [0, 0.1) is 10.1 Å². The molecule has 0 saturated carbocycles. The Morgan fingerprint density at radius 1 is 1.09 bits per heavy atom. The van der Waals surface area contributed by atoms with Crippen LogP contribution in [0.25, 0.3) is 11.0 Å². The van der Waals surface area contributed by atoms with Crippen LogP contribution in [0.15, 0.2) is 71.5 Å². The lowest BCUT2D eigenvalue weighted by Crippen LogP contribution is -2.45. The number of benzene rings is 3. The van der Waals surface area contributed by atoms with E-state index in [1.54, 1.807) is 54.6 Å². The molecular weight excluding hydrogens is 570 g/mol. The van der Waals surface area contributed by atoms with Gasteiger partial charge in [-0.15, -0.1) is 0 Å². The molecule has 1 aromatic heterocycles. The molecular formula is C31H31N5O8. The zero-order valence-electron chi connectivity index (χ0n) is 24.0. The Labute approximate surface area is 251 Å². The quantitative estimate of drug-likeness (QED) is 0.147. The van der Waals surface area contributed by atoms with Gasteiger partial charge in [0, 0.05) is 30.8 Å². The maximum atomic E-state index is 14.1. The molecule has 13 nitrogen and oxygen atoms in total. The molecule has 4 aromatic rings. The van der Waals surface area contributed by atoms with Gasteiger partial charge in [-0.05, 0) is 30.5 Å². The van der Waals surface area contributed by atoms with Gasteiger partial charge in [0.2, 0.25) is 11.8 Å². The SMILES string of the molecule is COc1cccc(Cn2c(=O)n(CC(=O)N(CC(N)=O)CC3CCCO3)c3c(C(=O)c4ccccc4)cc([N+](=O)[O-])cc32)c1. The van der Waals surface area contributed by atoms with Crippen LogP contribution in [0.2, 0.25) is 0 Å². The second-order valence-corrected chi connectivity index (χ2v) is 10.5. The number of primary amides is 1. The van der Waals surface area contributed by atoms with Crippen molar-refractivity contribution in [1.82, 2.24) is 14.0 Å². The third kappa shape index (κ3) is 6.37. The topological polar surface area (TPSA) is 169 Å². The largest absolute Gasteiger partial charge is 0.497 e. The van der Waals surface area contributed by atoms with Gasteiger partial charge in [-0.3, -0.25) is 33.6 Å². The lowest BCUT2D eigenvalue weighted by molar-refractivity contribution is -0.384. The summed E-state index contributed by atoms with van der Waals surface area (Å²) in [6.07, 6.45) is 1.22. The van der Waals surface area contributed by atoms with Gasteiger partial charge in [-0.25, -0.2) is 4.79 Å². The normalized spacial score (nSPS) is 14.4. The number of imidazole rings is 1. The molecule has 2 amide bonds. The second kappa shape index (κ2) is 12.9. The highest BCUT2D eigenvalue weighted by Gasteiger charge is 2.29. The highest BCUT2D eigenvalue weighted by Crippen LogP contribution is 2.28. The molecule has 0 spiro atoms. The van der Waals surface area contributed by atoms with Crippen molar-refractivity contribution in [3.63, 3.8) is 0 Å². The van der Waals surface area contributed by atoms with Gasteiger partial charge in [-0.1, -0.05) is 42.5 Å². The number of hydrogen-bond acceptors (Lipinski definition) is 8. The number of amides is 2. The second-order valence-electron chi connectivity index (χ2n) is 10.5. The number of nitro groups is 1. The summed E-state index contributed by atoms with van der Waals surface area (Å²) in [6.45, 7) is -0.344. The molecule has 1 saturated heterocycles. The number of fused-ring (bicyclic) bond motifs is 1. The van der Waals surface area contributed by atoms with Crippen molar-refractivity contribution in [2.75, 3.05) is 26.8 Å². The van der Waals surface area contributed by atoms with Gasteiger partial charge in [0.15, 0.2) is 5.78 Å². The molecule has 2 heterocycles. The molecule has 2 N–H and O–H groups in total. The van der Waals surface area contributed by atoms with E-state index >= 15 is 0 Å². The van der Waals surface area contributed by atoms with Gasteiger partial charge >= 0.3 is 5.69 Å². The first-order chi connectivity index (χ1) is 21.2. The highest BCUT2D eigenvalue weighted by molar-refractivity contribution is 6.16. The number of rotatable bonds is 12. The molecule has 1 fully saturated rings. The standard InChI is InChI=1S/C31H31N5O8/c1-43-23-10-5-7-20(13-23)16-34-26-15-22(36(41)42)14-25(30(39)21-8-3-2-4-9-21)29(26)35(31(34)40)19-28(38)33(18-27(32)37)17-24-11-6-12-44-24/h2-5,7-10,13-15,24H,6,11-12,16-19H2,1H3,(H2,32,37). The summed E-state index contributed by atoms with van der Waals surface area (Å²) in [4.78, 5) is 66.1. The number of aromatic nitrogens is 2. The van der Waals surface area contributed by atoms with Crippen LogP contribution < -0.4 is 16.2 Å². The lowest BCUT2D eigenvalue weighted by atomic mass is 10.0. The Bertz CT molecular complexity index is 1790. The monoisotopic (exact) mass is 601 g/mol. The molecule has 228 valence electrons. The fourth-order valence-corrected chi connectivity index (χ4v) is 5.43. The number of nitrogens with zero attached hydrogens (tertiary/aromatic N) is 4. The van der Waals surface area contributed by atoms with Crippen molar-refractivity contribution in [3.8, 4) is 5.75 Å². The molecule has 13 heteroatoms. The fraction of sp³-hybridized carbons (Fsp3) is 0.290. The molecule has 1 atom stereocenters. The number of ether oxygens (including phenoxy) is 2. The van der Waals surface area contributed by atoms with E-state index in [1.165, 1.54) is 22.6 Å².